The zero-order chi connectivity index (χ0) is 12.8. The molecular weight excluding hydrogens is 218 g/mol. The zero-order valence-corrected chi connectivity index (χ0v) is 10.8. The Morgan fingerprint density at radius 3 is 2.56 bits per heavy atom. The van der Waals surface area contributed by atoms with Gasteiger partial charge in [-0.3, -0.25) is 4.98 Å². The first-order chi connectivity index (χ1) is 8.75. The van der Waals surface area contributed by atoms with Gasteiger partial charge in [0.2, 0.25) is 0 Å². The van der Waals surface area contributed by atoms with E-state index < -0.39 is 0 Å². The highest BCUT2D eigenvalue weighted by atomic mass is 14.6. The fraction of sp³-hybridized carbons (Fsp3) is 0.118. The highest BCUT2D eigenvalue weighted by molar-refractivity contribution is 5.58. The maximum absolute atomic E-state index is 4.23. The van der Waals surface area contributed by atoms with Crippen molar-refractivity contribution in [1.82, 2.24) is 4.98 Å². The fourth-order valence-corrected chi connectivity index (χ4v) is 1.73. The molecule has 0 unspecified atom stereocenters. The highest BCUT2D eigenvalue weighted by Crippen LogP contribution is 2.12. The van der Waals surface area contributed by atoms with Crippen molar-refractivity contribution in [3.05, 3.63) is 77.1 Å². The second-order valence-electron chi connectivity index (χ2n) is 4.33. The molecule has 2 aromatic rings. The minimum atomic E-state index is 0.975. The van der Waals surface area contributed by atoms with E-state index in [-0.39, 0.29) is 0 Å². The molecule has 1 nitrogen and oxygen atoms in total. The van der Waals surface area contributed by atoms with Gasteiger partial charge in [-0.2, -0.15) is 0 Å². The van der Waals surface area contributed by atoms with E-state index in [1.54, 1.807) is 6.20 Å². The van der Waals surface area contributed by atoms with Crippen LogP contribution in [-0.2, 0) is 0 Å². The Kier molecular flexibility index (Phi) is 4.08. The molecule has 0 radical (unpaired) electrons. The van der Waals surface area contributed by atoms with Crippen molar-refractivity contribution in [1.29, 1.82) is 0 Å². The smallest absolute Gasteiger partial charge is 0.0629 e. The van der Waals surface area contributed by atoms with Crippen molar-refractivity contribution >= 4 is 12.2 Å². The van der Waals surface area contributed by atoms with Gasteiger partial charge >= 0.3 is 0 Å². The molecule has 1 aromatic heterocycles. The van der Waals surface area contributed by atoms with E-state index in [2.05, 4.69) is 49.2 Å². The first kappa shape index (κ1) is 12.3. The van der Waals surface area contributed by atoms with Crippen LogP contribution < -0.4 is 0 Å². The topological polar surface area (TPSA) is 12.9 Å². The summed E-state index contributed by atoms with van der Waals surface area (Å²) < 4.78 is 0. The normalized spacial score (nSPS) is 11.4. The molecule has 0 fully saturated rings. The van der Waals surface area contributed by atoms with Crippen LogP contribution >= 0.6 is 0 Å². The average Bonchev–Trinajstić information content (AvgIpc) is 2.40. The molecule has 0 saturated heterocycles. The zero-order valence-electron chi connectivity index (χ0n) is 10.8. The van der Waals surface area contributed by atoms with Gasteiger partial charge < -0.3 is 0 Å². The highest BCUT2D eigenvalue weighted by Gasteiger charge is 1.92. The SMILES string of the molecule is Cc1ccc(C)c(C=CC=Cc2ccccn2)c1. The van der Waals surface area contributed by atoms with E-state index in [0.29, 0.717) is 0 Å². The van der Waals surface area contributed by atoms with Gasteiger partial charge in [0.1, 0.15) is 0 Å². The maximum Gasteiger partial charge on any atom is 0.0629 e. The monoisotopic (exact) mass is 235 g/mol. The lowest BCUT2D eigenvalue weighted by Crippen LogP contribution is -1.81. The summed E-state index contributed by atoms with van der Waals surface area (Å²) in [6, 6.07) is 12.4. The van der Waals surface area contributed by atoms with Crippen LogP contribution in [0.2, 0.25) is 0 Å². The molecule has 2 rings (SSSR count). The van der Waals surface area contributed by atoms with Gasteiger partial charge in [0.15, 0.2) is 0 Å². The first-order valence-corrected chi connectivity index (χ1v) is 6.09. The summed E-state index contributed by atoms with van der Waals surface area (Å²) in [6.45, 7) is 4.24. The Morgan fingerprint density at radius 1 is 0.944 bits per heavy atom. The van der Waals surface area contributed by atoms with Crippen LogP contribution in [0.3, 0.4) is 0 Å². The molecule has 1 heteroatoms. The van der Waals surface area contributed by atoms with Gasteiger partial charge in [0.25, 0.3) is 0 Å². The number of rotatable bonds is 3. The standard InChI is InChI=1S/C17H17N/c1-14-10-11-15(2)16(13-14)7-3-4-8-17-9-5-6-12-18-17/h3-13H,1-2H3. The molecular formula is C17H17N. The number of allylic oxidation sites excluding steroid dienone is 2. The summed E-state index contributed by atoms with van der Waals surface area (Å²) >= 11 is 0. The molecule has 0 aliphatic carbocycles. The summed E-state index contributed by atoms with van der Waals surface area (Å²) in [7, 11) is 0. The van der Waals surface area contributed by atoms with Crippen molar-refractivity contribution in [2.45, 2.75) is 13.8 Å². The lowest BCUT2D eigenvalue weighted by molar-refractivity contribution is 1.30. The summed E-state index contributed by atoms with van der Waals surface area (Å²) in [6.07, 6.45) is 10.00. The van der Waals surface area contributed by atoms with Gasteiger partial charge in [0.05, 0.1) is 5.69 Å². The molecule has 0 amide bonds. The number of benzene rings is 1. The molecule has 18 heavy (non-hydrogen) atoms. The molecule has 0 atom stereocenters. The molecule has 0 N–H and O–H groups in total. The summed E-state index contributed by atoms with van der Waals surface area (Å²) in [5, 5.41) is 0. The number of hydrogen-bond acceptors (Lipinski definition) is 1. The lowest BCUT2D eigenvalue weighted by Gasteiger charge is -2.00. The number of hydrogen-bond donors (Lipinski definition) is 0. The number of aryl methyl sites for hydroxylation is 2. The number of pyridine rings is 1. The summed E-state index contributed by atoms with van der Waals surface area (Å²) in [5.41, 5.74) is 4.82. The summed E-state index contributed by atoms with van der Waals surface area (Å²) in [4.78, 5) is 4.23. The van der Waals surface area contributed by atoms with Crippen molar-refractivity contribution in [3.8, 4) is 0 Å². The molecule has 0 spiro atoms. The molecule has 1 heterocycles. The van der Waals surface area contributed by atoms with E-state index in [4.69, 9.17) is 0 Å². The fourth-order valence-electron chi connectivity index (χ4n) is 1.73. The van der Waals surface area contributed by atoms with Crippen molar-refractivity contribution in [3.63, 3.8) is 0 Å². The van der Waals surface area contributed by atoms with Gasteiger partial charge in [-0.1, -0.05) is 48.1 Å². The number of aromatic nitrogens is 1. The quantitative estimate of drug-likeness (QED) is 0.717. The van der Waals surface area contributed by atoms with Gasteiger partial charge in [-0.15, -0.1) is 0 Å². The van der Waals surface area contributed by atoms with E-state index in [1.165, 1.54) is 16.7 Å². The molecule has 0 bridgehead atoms. The van der Waals surface area contributed by atoms with Crippen LogP contribution in [0.1, 0.15) is 22.4 Å². The van der Waals surface area contributed by atoms with E-state index >= 15 is 0 Å². The first-order valence-electron chi connectivity index (χ1n) is 6.09. The van der Waals surface area contributed by atoms with Crippen LogP contribution in [0.4, 0.5) is 0 Å². The molecule has 0 aliphatic heterocycles. The third kappa shape index (κ3) is 3.42. The van der Waals surface area contributed by atoms with E-state index in [9.17, 15) is 0 Å². The van der Waals surface area contributed by atoms with E-state index in [1.807, 2.05) is 30.4 Å². The minimum absolute atomic E-state index is 0.975. The molecule has 0 saturated carbocycles. The van der Waals surface area contributed by atoms with Gasteiger partial charge in [0, 0.05) is 6.20 Å². The van der Waals surface area contributed by atoms with E-state index in [0.717, 1.165) is 5.69 Å². The van der Waals surface area contributed by atoms with Gasteiger partial charge in [-0.05, 0) is 43.2 Å². The predicted octanol–water partition coefficient (Wildman–Crippen LogP) is 4.43. The van der Waals surface area contributed by atoms with Crippen molar-refractivity contribution in [2.75, 3.05) is 0 Å². The molecule has 0 aliphatic rings. The van der Waals surface area contributed by atoms with Crippen molar-refractivity contribution in [2.24, 2.45) is 0 Å². The summed E-state index contributed by atoms with van der Waals surface area (Å²) in [5.74, 6) is 0. The van der Waals surface area contributed by atoms with Crippen LogP contribution in [-0.4, -0.2) is 4.98 Å². The Balaban J connectivity index is 2.08. The minimum Gasteiger partial charge on any atom is -0.257 e. The Hall–Kier alpha value is -2.15. The lowest BCUT2D eigenvalue weighted by atomic mass is 10.1. The maximum atomic E-state index is 4.23. The predicted molar refractivity (Wildman–Crippen MR) is 78.2 cm³/mol. The molecule has 1 aromatic carbocycles. The van der Waals surface area contributed by atoms with Crippen LogP contribution in [0.5, 0.6) is 0 Å². The largest absolute Gasteiger partial charge is 0.257 e. The van der Waals surface area contributed by atoms with Crippen molar-refractivity contribution < 1.29 is 0 Å². The van der Waals surface area contributed by atoms with Gasteiger partial charge in [-0.25, -0.2) is 0 Å². The second-order valence-corrected chi connectivity index (χ2v) is 4.33. The molecule has 90 valence electrons. The average molecular weight is 235 g/mol. The Morgan fingerprint density at radius 2 is 1.78 bits per heavy atom. The van der Waals surface area contributed by atoms with Crippen LogP contribution in [0.15, 0.2) is 54.7 Å². The third-order valence-corrected chi connectivity index (χ3v) is 2.78. The third-order valence-electron chi connectivity index (χ3n) is 2.78. The van der Waals surface area contributed by atoms with Crippen LogP contribution in [0, 0.1) is 13.8 Å². The number of nitrogens with zero attached hydrogens (tertiary/aromatic N) is 1. The van der Waals surface area contributed by atoms with Crippen LogP contribution in [0.25, 0.3) is 12.2 Å². The Labute approximate surface area is 109 Å². The second kappa shape index (κ2) is 5.97. The Bertz CT molecular complexity index is 565.